The van der Waals surface area contributed by atoms with Crippen molar-refractivity contribution in [3.05, 3.63) is 58.4 Å². The normalized spacial score (nSPS) is 17.2. The highest BCUT2D eigenvalue weighted by atomic mass is 16.4. The third-order valence-corrected chi connectivity index (χ3v) is 5.11. The third-order valence-electron chi connectivity index (χ3n) is 5.11. The van der Waals surface area contributed by atoms with E-state index in [0.717, 1.165) is 34.9 Å². The van der Waals surface area contributed by atoms with Crippen molar-refractivity contribution in [2.24, 2.45) is 0 Å². The number of fused-ring (bicyclic) bond motifs is 1. The molecule has 3 aromatic rings. The molecule has 0 bridgehead atoms. The van der Waals surface area contributed by atoms with Gasteiger partial charge < -0.3 is 14.4 Å². The second kappa shape index (κ2) is 6.87. The molecule has 0 amide bonds. The molecule has 138 valence electrons. The average Bonchev–Trinajstić information content (AvgIpc) is 2.67. The number of rotatable bonds is 3. The molecule has 1 aliphatic rings. The first kappa shape index (κ1) is 17.3. The molecule has 0 aliphatic carbocycles. The zero-order chi connectivity index (χ0) is 19.0. The Balaban J connectivity index is 1.85. The number of carboxylic acid groups (broad SMARTS) is 1. The Morgan fingerprint density at radius 1 is 1.19 bits per heavy atom. The summed E-state index contributed by atoms with van der Waals surface area (Å²) in [5.41, 5.74) is 2.53. The summed E-state index contributed by atoms with van der Waals surface area (Å²) in [7, 11) is 0. The number of nitrogens with zero attached hydrogens (tertiary/aromatic N) is 2. The zero-order valence-corrected chi connectivity index (χ0v) is 15.0. The molecule has 1 atom stereocenters. The summed E-state index contributed by atoms with van der Waals surface area (Å²) in [6, 6.07) is 12.4. The van der Waals surface area contributed by atoms with Crippen molar-refractivity contribution < 1.29 is 14.3 Å². The Morgan fingerprint density at radius 3 is 2.78 bits per heavy atom. The van der Waals surface area contributed by atoms with Crippen LogP contribution in [0.15, 0.2) is 51.7 Å². The SMILES string of the molecule is Cc1ccccc1-c1cc(=O)oc2nc(N3CCCCC3C(=O)O)ccc12. The Bertz CT molecular complexity index is 1070. The van der Waals surface area contributed by atoms with Crippen LogP contribution < -0.4 is 10.5 Å². The van der Waals surface area contributed by atoms with Crippen LogP contribution in [0.5, 0.6) is 0 Å². The van der Waals surface area contributed by atoms with Crippen LogP contribution in [0.25, 0.3) is 22.2 Å². The number of carbonyl (C=O) groups is 1. The number of benzene rings is 1. The van der Waals surface area contributed by atoms with Gasteiger partial charge in [-0.25, -0.2) is 9.59 Å². The molecule has 6 heteroatoms. The van der Waals surface area contributed by atoms with E-state index >= 15 is 0 Å². The summed E-state index contributed by atoms with van der Waals surface area (Å²) in [6.45, 7) is 2.61. The van der Waals surface area contributed by atoms with E-state index < -0.39 is 17.6 Å². The van der Waals surface area contributed by atoms with E-state index in [-0.39, 0.29) is 5.71 Å². The van der Waals surface area contributed by atoms with Gasteiger partial charge in [-0.1, -0.05) is 24.3 Å². The van der Waals surface area contributed by atoms with Crippen LogP contribution in [0.1, 0.15) is 24.8 Å². The molecule has 3 heterocycles. The van der Waals surface area contributed by atoms with E-state index in [4.69, 9.17) is 4.42 Å². The van der Waals surface area contributed by atoms with Crippen molar-refractivity contribution in [1.29, 1.82) is 0 Å². The monoisotopic (exact) mass is 364 g/mol. The Hall–Kier alpha value is -3.15. The maximum absolute atomic E-state index is 12.1. The predicted molar refractivity (Wildman–Crippen MR) is 103 cm³/mol. The van der Waals surface area contributed by atoms with Gasteiger partial charge in [0.05, 0.1) is 0 Å². The number of aliphatic carboxylic acids is 1. The van der Waals surface area contributed by atoms with Gasteiger partial charge in [-0.05, 0) is 49.4 Å². The Labute approximate surface area is 156 Å². The highest BCUT2D eigenvalue weighted by Crippen LogP contribution is 2.31. The second-order valence-electron chi connectivity index (χ2n) is 6.86. The van der Waals surface area contributed by atoms with Crippen LogP contribution in [0.2, 0.25) is 0 Å². The Morgan fingerprint density at radius 2 is 2.00 bits per heavy atom. The molecule has 1 unspecified atom stereocenters. The van der Waals surface area contributed by atoms with Gasteiger partial charge in [0.1, 0.15) is 11.9 Å². The largest absolute Gasteiger partial charge is 0.480 e. The molecule has 6 nitrogen and oxygen atoms in total. The van der Waals surface area contributed by atoms with Crippen molar-refractivity contribution >= 4 is 22.9 Å². The number of aryl methyl sites for hydroxylation is 1. The minimum atomic E-state index is -0.855. The van der Waals surface area contributed by atoms with Gasteiger partial charge in [0.25, 0.3) is 0 Å². The number of hydrogen-bond donors (Lipinski definition) is 1. The van der Waals surface area contributed by atoms with E-state index in [9.17, 15) is 14.7 Å². The predicted octanol–water partition coefficient (Wildman–Crippen LogP) is 3.61. The summed E-state index contributed by atoms with van der Waals surface area (Å²) in [6.07, 6.45) is 2.38. The van der Waals surface area contributed by atoms with Gasteiger partial charge in [0.2, 0.25) is 5.71 Å². The molecule has 4 rings (SSSR count). The average molecular weight is 364 g/mol. The molecular formula is C21H20N2O4. The van der Waals surface area contributed by atoms with Gasteiger partial charge in [-0.2, -0.15) is 4.98 Å². The van der Waals surface area contributed by atoms with Crippen molar-refractivity contribution in [1.82, 2.24) is 4.98 Å². The maximum atomic E-state index is 12.1. The second-order valence-corrected chi connectivity index (χ2v) is 6.86. The van der Waals surface area contributed by atoms with E-state index in [2.05, 4.69) is 4.98 Å². The summed E-state index contributed by atoms with van der Waals surface area (Å²) >= 11 is 0. The van der Waals surface area contributed by atoms with E-state index in [1.165, 1.54) is 6.07 Å². The number of piperidine rings is 1. The third kappa shape index (κ3) is 3.18. The fourth-order valence-electron chi connectivity index (χ4n) is 3.75. The molecule has 1 fully saturated rings. The molecule has 27 heavy (non-hydrogen) atoms. The van der Waals surface area contributed by atoms with Crippen LogP contribution in [0, 0.1) is 6.92 Å². The van der Waals surface area contributed by atoms with Crippen molar-refractivity contribution in [2.75, 3.05) is 11.4 Å². The van der Waals surface area contributed by atoms with E-state index in [1.807, 2.05) is 43.3 Å². The quantitative estimate of drug-likeness (QED) is 0.764. The number of anilines is 1. The summed E-state index contributed by atoms with van der Waals surface area (Å²) in [5.74, 6) is -0.327. The van der Waals surface area contributed by atoms with Crippen LogP contribution in [0.4, 0.5) is 5.82 Å². The Kier molecular flexibility index (Phi) is 4.39. The summed E-state index contributed by atoms with van der Waals surface area (Å²) in [4.78, 5) is 30.0. The topological polar surface area (TPSA) is 83.6 Å². The minimum Gasteiger partial charge on any atom is -0.480 e. The molecule has 2 aromatic heterocycles. The van der Waals surface area contributed by atoms with Gasteiger partial charge in [0.15, 0.2) is 0 Å². The lowest BCUT2D eigenvalue weighted by Gasteiger charge is -2.33. The highest BCUT2D eigenvalue weighted by molar-refractivity contribution is 5.93. The molecular weight excluding hydrogens is 344 g/mol. The first-order valence-electron chi connectivity index (χ1n) is 9.05. The maximum Gasteiger partial charge on any atom is 0.338 e. The van der Waals surface area contributed by atoms with Gasteiger partial charge in [-0.3, -0.25) is 0 Å². The fourth-order valence-corrected chi connectivity index (χ4v) is 3.75. The molecule has 0 spiro atoms. The molecule has 1 aromatic carbocycles. The van der Waals surface area contributed by atoms with Crippen LogP contribution >= 0.6 is 0 Å². The molecule has 1 saturated heterocycles. The fraction of sp³-hybridized carbons (Fsp3) is 0.286. The molecule has 0 saturated carbocycles. The van der Waals surface area contributed by atoms with Crippen LogP contribution in [0.3, 0.4) is 0 Å². The summed E-state index contributed by atoms with van der Waals surface area (Å²) in [5, 5.41) is 10.2. The lowest BCUT2D eigenvalue weighted by molar-refractivity contribution is -0.139. The first-order valence-corrected chi connectivity index (χ1v) is 9.05. The van der Waals surface area contributed by atoms with Crippen molar-refractivity contribution in [2.45, 2.75) is 32.2 Å². The number of pyridine rings is 1. The number of carboxylic acids is 1. The van der Waals surface area contributed by atoms with Crippen molar-refractivity contribution in [3.8, 4) is 11.1 Å². The molecule has 0 radical (unpaired) electrons. The molecule has 1 N–H and O–H groups in total. The molecule has 1 aliphatic heterocycles. The minimum absolute atomic E-state index is 0.230. The number of aromatic nitrogens is 1. The van der Waals surface area contributed by atoms with E-state index in [0.29, 0.717) is 18.8 Å². The van der Waals surface area contributed by atoms with Crippen LogP contribution in [-0.4, -0.2) is 28.6 Å². The van der Waals surface area contributed by atoms with Gasteiger partial charge in [0, 0.05) is 23.6 Å². The van der Waals surface area contributed by atoms with Gasteiger partial charge in [-0.15, -0.1) is 0 Å². The van der Waals surface area contributed by atoms with E-state index in [1.54, 1.807) is 4.90 Å². The van der Waals surface area contributed by atoms with Crippen LogP contribution in [-0.2, 0) is 4.79 Å². The van der Waals surface area contributed by atoms with Crippen molar-refractivity contribution in [3.63, 3.8) is 0 Å². The standard InChI is InChI=1S/C21H20N2O4/c1-13-6-2-3-7-14(13)16-12-19(24)27-20-15(16)9-10-18(22-20)23-11-5-4-8-17(23)21(25)26/h2-3,6-7,9-10,12,17H,4-5,8,11H2,1H3,(H,25,26). The highest BCUT2D eigenvalue weighted by Gasteiger charge is 2.29. The lowest BCUT2D eigenvalue weighted by atomic mass is 9.98. The summed E-state index contributed by atoms with van der Waals surface area (Å²) < 4.78 is 5.35. The smallest absolute Gasteiger partial charge is 0.338 e. The van der Waals surface area contributed by atoms with Gasteiger partial charge >= 0.3 is 11.6 Å². The first-order chi connectivity index (χ1) is 13.0. The number of hydrogen-bond acceptors (Lipinski definition) is 5. The zero-order valence-electron chi connectivity index (χ0n) is 15.0. The lowest BCUT2D eigenvalue weighted by Crippen LogP contribution is -2.45.